The number of hydrogen-bond acceptors (Lipinski definition) is 1. The van der Waals surface area contributed by atoms with Gasteiger partial charge in [0.2, 0.25) is 0 Å². The highest BCUT2D eigenvalue weighted by atomic mass is 35.5. The van der Waals surface area contributed by atoms with E-state index in [-0.39, 0.29) is 5.54 Å². The largest absolute Gasteiger partial charge is 0.227 e. The lowest BCUT2D eigenvalue weighted by Gasteiger charge is -2.16. The molecular weight excluding hydrogens is 133 g/mol. The van der Waals surface area contributed by atoms with Gasteiger partial charge in [-0.25, -0.2) is 4.84 Å². The first-order chi connectivity index (χ1) is 3.12. The van der Waals surface area contributed by atoms with E-state index in [1.807, 2.05) is 13.8 Å². The first-order valence-corrected chi connectivity index (χ1v) is 2.97. The van der Waals surface area contributed by atoms with E-state index in [2.05, 4.69) is 4.84 Å². The Morgan fingerprint density at radius 2 is 2.00 bits per heavy atom. The maximum absolute atomic E-state index is 5.45. The molecule has 0 aromatic rings. The minimum absolute atomic E-state index is 0.136. The first kappa shape index (κ1) is 7.54. The van der Waals surface area contributed by atoms with Gasteiger partial charge in [-0.15, -0.1) is 11.6 Å². The van der Waals surface area contributed by atoms with Crippen LogP contribution in [0.4, 0.5) is 0 Å². The Morgan fingerprint density at radius 3 is 2.00 bits per heavy atom. The van der Waals surface area contributed by atoms with Crippen LogP contribution in [0.15, 0.2) is 0 Å². The Morgan fingerprint density at radius 1 is 1.57 bits per heavy atom. The van der Waals surface area contributed by atoms with Crippen molar-refractivity contribution >= 4 is 23.4 Å². The molecule has 0 atom stereocenters. The highest BCUT2D eigenvalue weighted by Gasteiger charge is 2.12. The third-order valence-corrected chi connectivity index (χ3v) is 1.77. The van der Waals surface area contributed by atoms with Crippen molar-refractivity contribution < 1.29 is 0 Å². The van der Waals surface area contributed by atoms with Gasteiger partial charge in [-0.3, -0.25) is 0 Å². The van der Waals surface area contributed by atoms with E-state index in [1.165, 1.54) is 0 Å². The predicted octanol–water partition coefficient (Wildman–Crippen LogP) is 1.75. The van der Waals surface area contributed by atoms with Gasteiger partial charge in [-0.2, -0.15) is 0 Å². The molecule has 0 spiro atoms. The second kappa shape index (κ2) is 2.75. The normalized spacial score (nSPS) is 12.0. The fourth-order valence-electron chi connectivity index (χ4n) is 0.0253. The van der Waals surface area contributed by atoms with Crippen LogP contribution in [-0.2, 0) is 0 Å². The number of alkyl halides is 1. The fraction of sp³-hybridized carbons (Fsp3) is 1.00. The molecule has 0 aromatic carbocycles. The van der Waals surface area contributed by atoms with Crippen molar-refractivity contribution in [2.75, 3.05) is 5.88 Å². The highest BCUT2D eigenvalue weighted by molar-refractivity contribution is 6.20. The van der Waals surface area contributed by atoms with Crippen LogP contribution in [-0.4, -0.2) is 11.4 Å². The third kappa shape index (κ3) is 3.15. The molecule has 0 rings (SSSR count). The topological polar surface area (TPSA) is 12.0 Å². The zero-order valence-corrected chi connectivity index (χ0v) is 5.97. The quantitative estimate of drug-likeness (QED) is 0.457. The minimum atomic E-state index is -0.136. The van der Waals surface area contributed by atoms with Gasteiger partial charge >= 0.3 is 0 Å². The van der Waals surface area contributed by atoms with Gasteiger partial charge in [0.1, 0.15) is 0 Å². The van der Waals surface area contributed by atoms with E-state index in [1.54, 1.807) is 0 Å². The van der Waals surface area contributed by atoms with Gasteiger partial charge in [-0.05, 0) is 25.6 Å². The molecule has 1 nitrogen and oxygen atoms in total. The molecule has 44 valence electrons. The summed E-state index contributed by atoms with van der Waals surface area (Å²) in [5.74, 6) is 0.524. The first-order valence-electron chi connectivity index (χ1n) is 2.06. The molecule has 0 unspecified atom stereocenters. The molecule has 0 fully saturated rings. The predicted molar refractivity (Wildman–Crippen MR) is 33.8 cm³/mol. The summed E-state index contributed by atoms with van der Waals surface area (Å²) < 4.78 is 0. The monoisotopic (exact) mass is 141 g/mol. The lowest BCUT2D eigenvalue weighted by Crippen LogP contribution is -2.34. The van der Waals surface area contributed by atoms with Crippen molar-refractivity contribution in [3.63, 3.8) is 0 Å². The molecule has 0 amide bonds. The molecule has 0 aliphatic heterocycles. The van der Waals surface area contributed by atoms with Crippen molar-refractivity contribution in [3.8, 4) is 0 Å². The van der Waals surface area contributed by atoms with Gasteiger partial charge in [0.15, 0.2) is 0 Å². The zero-order chi connectivity index (χ0) is 5.91. The summed E-state index contributed by atoms with van der Waals surface area (Å²) in [6.45, 7) is 3.85. The van der Waals surface area contributed by atoms with E-state index in [0.29, 0.717) is 5.88 Å². The molecule has 0 aliphatic carbocycles. The minimum Gasteiger partial charge on any atom is -0.227 e. The van der Waals surface area contributed by atoms with E-state index >= 15 is 0 Å². The highest BCUT2D eigenvalue weighted by Crippen LogP contribution is 2.03. The molecule has 0 aromatic heterocycles. The summed E-state index contributed by atoms with van der Waals surface area (Å²) in [7, 11) is 0. The Labute approximate surface area is 54.1 Å². The molecular formula is C4H9Cl2N. The Bertz CT molecular complexity index is 47.7. The molecule has 0 bridgehead atoms. The summed E-state index contributed by atoms with van der Waals surface area (Å²) >= 11 is 10.7. The van der Waals surface area contributed by atoms with Crippen molar-refractivity contribution in [1.82, 2.24) is 4.84 Å². The lowest BCUT2D eigenvalue weighted by molar-refractivity contribution is 0.535. The van der Waals surface area contributed by atoms with Crippen LogP contribution in [0.3, 0.4) is 0 Å². The Kier molecular flexibility index (Phi) is 2.96. The zero-order valence-electron chi connectivity index (χ0n) is 4.46. The number of nitrogens with one attached hydrogen (secondary N) is 1. The average molecular weight is 142 g/mol. The standard InChI is InChI=1S/C4H9Cl2N/c1-4(2,3-5)7-6/h7H,3H2,1-2H3. The maximum Gasteiger partial charge on any atom is 0.0413 e. The van der Waals surface area contributed by atoms with E-state index in [9.17, 15) is 0 Å². The van der Waals surface area contributed by atoms with Crippen LogP contribution in [0, 0.1) is 0 Å². The second-order valence-corrected chi connectivity index (χ2v) is 2.57. The molecule has 3 heteroatoms. The maximum atomic E-state index is 5.45. The molecule has 0 radical (unpaired) electrons. The van der Waals surface area contributed by atoms with E-state index < -0.39 is 0 Å². The Balaban J connectivity index is 3.36. The van der Waals surface area contributed by atoms with Gasteiger partial charge < -0.3 is 0 Å². The number of hydrogen-bond donors (Lipinski definition) is 1. The van der Waals surface area contributed by atoms with Gasteiger partial charge in [0.25, 0.3) is 0 Å². The van der Waals surface area contributed by atoms with Crippen molar-refractivity contribution in [2.24, 2.45) is 0 Å². The lowest BCUT2D eigenvalue weighted by atomic mass is 10.1. The van der Waals surface area contributed by atoms with E-state index in [4.69, 9.17) is 23.4 Å². The number of rotatable bonds is 2. The number of halogens is 2. The SMILES string of the molecule is CC(C)(CCl)NCl. The van der Waals surface area contributed by atoms with Gasteiger partial charge in [0, 0.05) is 11.4 Å². The molecule has 0 saturated heterocycles. The van der Waals surface area contributed by atoms with Crippen molar-refractivity contribution in [2.45, 2.75) is 19.4 Å². The van der Waals surface area contributed by atoms with Crippen LogP contribution < -0.4 is 4.84 Å². The third-order valence-electron chi connectivity index (χ3n) is 0.590. The summed E-state index contributed by atoms with van der Waals surface area (Å²) in [6.07, 6.45) is 0. The molecule has 0 aliphatic rings. The second-order valence-electron chi connectivity index (χ2n) is 2.11. The average Bonchev–Trinajstić information content (AvgIpc) is 1.68. The van der Waals surface area contributed by atoms with Crippen molar-refractivity contribution in [3.05, 3.63) is 0 Å². The van der Waals surface area contributed by atoms with Gasteiger partial charge in [0.05, 0.1) is 0 Å². The van der Waals surface area contributed by atoms with Crippen LogP contribution in [0.2, 0.25) is 0 Å². The van der Waals surface area contributed by atoms with E-state index in [0.717, 1.165) is 0 Å². The summed E-state index contributed by atoms with van der Waals surface area (Å²) in [5, 5.41) is 0. The fourth-order valence-corrected chi connectivity index (χ4v) is 0.227. The van der Waals surface area contributed by atoms with Crippen LogP contribution >= 0.6 is 23.4 Å². The molecule has 7 heavy (non-hydrogen) atoms. The van der Waals surface area contributed by atoms with Crippen LogP contribution in [0.5, 0.6) is 0 Å². The molecule has 0 saturated carbocycles. The van der Waals surface area contributed by atoms with Crippen LogP contribution in [0.25, 0.3) is 0 Å². The summed E-state index contributed by atoms with van der Waals surface area (Å²) in [4.78, 5) is 2.53. The van der Waals surface area contributed by atoms with Crippen molar-refractivity contribution in [1.29, 1.82) is 0 Å². The summed E-state index contributed by atoms with van der Waals surface area (Å²) in [6, 6.07) is 0. The van der Waals surface area contributed by atoms with Gasteiger partial charge in [-0.1, -0.05) is 0 Å². The molecule has 0 heterocycles. The smallest absolute Gasteiger partial charge is 0.0413 e. The summed E-state index contributed by atoms with van der Waals surface area (Å²) in [5.41, 5.74) is -0.136. The Hall–Kier alpha value is 0.540. The van der Waals surface area contributed by atoms with Crippen LogP contribution in [0.1, 0.15) is 13.8 Å². The molecule has 1 N–H and O–H groups in total.